The minimum atomic E-state index is -0.0133. The van der Waals surface area contributed by atoms with Crippen LogP contribution < -0.4 is 10.6 Å². The van der Waals surface area contributed by atoms with Gasteiger partial charge in [0.1, 0.15) is 0 Å². The number of aryl methyl sites for hydroxylation is 1. The van der Waals surface area contributed by atoms with Crippen LogP contribution in [0.2, 0.25) is 0 Å². The van der Waals surface area contributed by atoms with Crippen molar-refractivity contribution in [1.82, 2.24) is 24.8 Å². The Kier molecular flexibility index (Phi) is 5.18. The van der Waals surface area contributed by atoms with Gasteiger partial charge in [-0.2, -0.15) is 0 Å². The number of benzene rings is 2. The van der Waals surface area contributed by atoms with E-state index in [9.17, 15) is 4.79 Å². The number of hydrogen-bond acceptors (Lipinski definition) is 3. The number of carbonyl (C=O) groups excluding carboxylic acids is 1. The van der Waals surface area contributed by atoms with Crippen molar-refractivity contribution < 1.29 is 4.79 Å². The molecule has 1 saturated carbocycles. The SMILES string of the molecule is Cn1c(-c2cc3ccccc3n2CC2CC2)nc2cc(C(=O)NC3CCCCNC3)ccc21. The predicted octanol–water partition coefficient (Wildman–Crippen LogP) is 4.48. The molecule has 1 amide bonds. The van der Waals surface area contributed by atoms with Crippen molar-refractivity contribution in [3.8, 4) is 11.5 Å². The van der Waals surface area contributed by atoms with Crippen LogP contribution in [0.3, 0.4) is 0 Å². The summed E-state index contributed by atoms with van der Waals surface area (Å²) >= 11 is 0. The minimum Gasteiger partial charge on any atom is -0.348 e. The molecule has 1 atom stereocenters. The molecule has 1 aliphatic heterocycles. The number of hydrogen-bond donors (Lipinski definition) is 2. The van der Waals surface area contributed by atoms with E-state index in [2.05, 4.69) is 57.1 Å². The molecule has 1 unspecified atom stereocenters. The molecule has 6 rings (SSSR count). The highest BCUT2D eigenvalue weighted by atomic mass is 16.1. The zero-order valence-corrected chi connectivity index (χ0v) is 19.2. The number of nitrogens with one attached hydrogen (secondary N) is 2. The molecule has 4 aromatic rings. The van der Waals surface area contributed by atoms with Crippen molar-refractivity contribution >= 4 is 27.8 Å². The van der Waals surface area contributed by atoms with E-state index in [1.165, 1.54) is 30.2 Å². The van der Waals surface area contributed by atoms with Crippen LogP contribution in [0, 0.1) is 5.92 Å². The van der Waals surface area contributed by atoms with Crippen LogP contribution in [0.5, 0.6) is 0 Å². The summed E-state index contributed by atoms with van der Waals surface area (Å²) in [5.41, 5.74) is 5.00. The third kappa shape index (κ3) is 3.93. The van der Waals surface area contributed by atoms with E-state index in [0.29, 0.717) is 5.56 Å². The lowest BCUT2D eigenvalue weighted by molar-refractivity contribution is 0.0935. The lowest BCUT2D eigenvalue weighted by atomic mass is 10.1. The number of rotatable bonds is 5. The van der Waals surface area contributed by atoms with E-state index in [-0.39, 0.29) is 11.9 Å². The van der Waals surface area contributed by atoms with Gasteiger partial charge in [0.05, 0.1) is 16.7 Å². The quantitative estimate of drug-likeness (QED) is 0.480. The molecule has 170 valence electrons. The average Bonchev–Trinajstić information content (AvgIpc) is 3.56. The Morgan fingerprint density at radius 2 is 1.97 bits per heavy atom. The minimum absolute atomic E-state index is 0.0133. The molecular weight excluding hydrogens is 410 g/mol. The maximum Gasteiger partial charge on any atom is 0.251 e. The second kappa shape index (κ2) is 8.34. The molecule has 6 heteroatoms. The van der Waals surface area contributed by atoms with Crippen LogP contribution in [0.4, 0.5) is 0 Å². The van der Waals surface area contributed by atoms with Crippen LogP contribution in [0.25, 0.3) is 33.5 Å². The molecule has 0 bridgehead atoms. The van der Waals surface area contributed by atoms with Gasteiger partial charge in [0.25, 0.3) is 5.91 Å². The summed E-state index contributed by atoms with van der Waals surface area (Å²) in [7, 11) is 2.07. The first-order valence-electron chi connectivity index (χ1n) is 12.2. The molecule has 2 aliphatic rings. The van der Waals surface area contributed by atoms with Gasteiger partial charge in [0.2, 0.25) is 0 Å². The van der Waals surface area contributed by atoms with Gasteiger partial charge >= 0.3 is 0 Å². The number of para-hydroxylation sites is 1. The first-order valence-corrected chi connectivity index (χ1v) is 12.2. The first kappa shape index (κ1) is 20.5. The predicted molar refractivity (Wildman–Crippen MR) is 132 cm³/mol. The summed E-state index contributed by atoms with van der Waals surface area (Å²) in [4.78, 5) is 18.0. The zero-order valence-electron chi connectivity index (χ0n) is 19.2. The largest absolute Gasteiger partial charge is 0.348 e. The maximum atomic E-state index is 13.0. The highest BCUT2D eigenvalue weighted by molar-refractivity contribution is 5.98. The van der Waals surface area contributed by atoms with Crippen molar-refractivity contribution in [1.29, 1.82) is 0 Å². The van der Waals surface area contributed by atoms with E-state index < -0.39 is 0 Å². The fraction of sp³-hybridized carbons (Fsp3) is 0.407. The van der Waals surface area contributed by atoms with Crippen LogP contribution >= 0.6 is 0 Å². The average molecular weight is 442 g/mol. The van der Waals surface area contributed by atoms with Crippen molar-refractivity contribution in [3.63, 3.8) is 0 Å². The van der Waals surface area contributed by atoms with Crippen molar-refractivity contribution in [2.24, 2.45) is 13.0 Å². The molecule has 33 heavy (non-hydrogen) atoms. The van der Waals surface area contributed by atoms with E-state index in [1.54, 1.807) is 0 Å². The van der Waals surface area contributed by atoms with Crippen LogP contribution in [-0.2, 0) is 13.6 Å². The summed E-state index contributed by atoms with van der Waals surface area (Å²) in [5, 5.41) is 7.87. The summed E-state index contributed by atoms with van der Waals surface area (Å²) in [6.45, 7) is 2.91. The van der Waals surface area contributed by atoms with E-state index >= 15 is 0 Å². The molecule has 2 fully saturated rings. The number of nitrogens with zero attached hydrogens (tertiary/aromatic N) is 3. The topological polar surface area (TPSA) is 63.9 Å². The Morgan fingerprint density at radius 1 is 1.09 bits per heavy atom. The van der Waals surface area contributed by atoms with Gasteiger partial charge in [-0.25, -0.2) is 4.98 Å². The molecule has 3 heterocycles. The molecule has 6 nitrogen and oxygen atoms in total. The third-order valence-electron chi connectivity index (χ3n) is 7.20. The Balaban J connectivity index is 1.35. The summed E-state index contributed by atoms with van der Waals surface area (Å²) in [6, 6.07) is 16.9. The number of amides is 1. The van der Waals surface area contributed by atoms with Gasteiger partial charge in [-0.05, 0) is 68.5 Å². The molecule has 0 radical (unpaired) electrons. The Hall–Kier alpha value is -3.12. The van der Waals surface area contributed by atoms with Crippen LogP contribution in [0.15, 0.2) is 48.5 Å². The Labute approximate surface area is 194 Å². The van der Waals surface area contributed by atoms with E-state index in [0.717, 1.165) is 60.9 Å². The molecular formula is C27H31N5O. The van der Waals surface area contributed by atoms with Gasteiger partial charge < -0.3 is 19.8 Å². The Bertz CT molecular complexity index is 1320. The van der Waals surface area contributed by atoms with Gasteiger partial charge in [-0.1, -0.05) is 24.6 Å². The molecule has 1 aliphatic carbocycles. The standard InChI is InChI=1S/C27H31N5O/c1-31-24-12-11-20(27(33)29-21-7-4-5-13-28-16-21)14-22(24)30-26(31)25-15-19-6-2-3-8-23(19)32(25)17-18-9-10-18/h2-3,6,8,11-12,14-15,18,21,28H,4-5,7,9-10,13,16-17H2,1H3,(H,29,33). The maximum absolute atomic E-state index is 13.0. The summed E-state index contributed by atoms with van der Waals surface area (Å²) in [5.74, 6) is 1.70. The lowest BCUT2D eigenvalue weighted by Crippen LogP contribution is -2.40. The van der Waals surface area contributed by atoms with Crippen LogP contribution in [-0.4, -0.2) is 39.2 Å². The van der Waals surface area contributed by atoms with Crippen molar-refractivity contribution in [2.75, 3.05) is 13.1 Å². The molecule has 2 aromatic heterocycles. The van der Waals surface area contributed by atoms with Gasteiger partial charge in [0, 0.05) is 42.6 Å². The molecule has 2 aromatic carbocycles. The summed E-state index contributed by atoms with van der Waals surface area (Å²) in [6.07, 6.45) is 5.97. The third-order valence-corrected chi connectivity index (χ3v) is 7.20. The second-order valence-electron chi connectivity index (χ2n) is 9.71. The fourth-order valence-corrected chi connectivity index (χ4v) is 5.13. The normalized spacial score (nSPS) is 19.1. The van der Waals surface area contributed by atoms with Gasteiger partial charge in [-0.15, -0.1) is 0 Å². The van der Waals surface area contributed by atoms with E-state index in [1.807, 2.05) is 18.2 Å². The van der Waals surface area contributed by atoms with Gasteiger partial charge in [0.15, 0.2) is 5.82 Å². The van der Waals surface area contributed by atoms with Crippen molar-refractivity contribution in [3.05, 3.63) is 54.1 Å². The number of aromatic nitrogens is 3. The molecule has 2 N–H and O–H groups in total. The lowest BCUT2D eigenvalue weighted by Gasteiger charge is -2.16. The Morgan fingerprint density at radius 3 is 2.85 bits per heavy atom. The number of imidazole rings is 1. The highest BCUT2D eigenvalue weighted by Gasteiger charge is 2.25. The van der Waals surface area contributed by atoms with Crippen LogP contribution in [0.1, 0.15) is 42.5 Å². The van der Waals surface area contributed by atoms with Gasteiger partial charge in [-0.3, -0.25) is 4.79 Å². The molecule has 1 saturated heterocycles. The first-order chi connectivity index (χ1) is 16.2. The van der Waals surface area contributed by atoms with Crippen molar-refractivity contribution in [2.45, 2.75) is 44.7 Å². The fourth-order valence-electron chi connectivity index (χ4n) is 5.13. The molecule has 0 spiro atoms. The number of fused-ring (bicyclic) bond motifs is 2. The smallest absolute Gasteiger partial charge is 0.251 e. The number of carbonyl (C=O) groups is 1. The second-order valence-corrected chi connectivity index (χ2v) is 9.71. The highest BCUT2D eigenvalue weighted by Crippen LogP contribution is 2.36. The summed E-state index contributed by atoms with van der Waals surface area (Å²) < 4.78 is 4.59. The monoisotopic (exact) mass is 441 g/mol. The van der Waals surface area contributed by atoms with E-state index in [4.69, 9.17) is 4.98 Å². The zero-order chi connectivity index (χ0) is 22.4.